The molecule has 8 nitrogen and oxygen atoms in total. The number of aromatic nitrogens is 2. The summed E-state index contributed by atoms with van der Waals surface area (Å²) in [6, 6.07) is 13.7. The van der Waals surface area contributed by atoms with E-state index in [1.54, 1.807) is 62.6 Å². The van der Waals surface area contributed by atoms with Crippen molar-refractivity contribution in [2.24, 2.45) is 0 Å². The molecule has 0 aliphatic rings. The van der Waals surface area contributed by atoms with Gasteiger partial charge in [0.05, 0.1) is 19.3 Å². The summed E-state index contributed by atoms with van der Waals surface area (Å²) in [5.41, 5.74) is 1.59. The molecule has 0 atom stereocenters. The van der Waals surface area contributed by atoms with Gasteiger partial charge >= 0.3 is 5.97 Å². The third-order valence-electron chi connectivity index (χ3n) is 3.79. The van der Waals surface area contributed by atoms with Gasteiger partial charge in [0.15, 0.2) is 0 Å². The van der Waals surface area contributed by atoms with Crippen LogP contribution < -0.4 is 10.1 Å². The maximum atomic E-state index is 12.2. The smallest absolute Gasteiger partial charge is 0.338 e. The lowest BCUT2D eigenvalue weighted by Crippen LogP contribution is -2.15. The highest BCUT2D eigenvalue weighted by Gasteiger charge is 2.14. The third-order valence-corrected chi connectivity index (χ3v) is 3.79. The van der Waals surface area contributed by atoms with E-state index in [-0.39, 0.29) is 24.8 Å². The largest absolute Gasteiger partial charge is 0.497 e. The number of methoxy groups -OCH3 is 1. The summed E-state index contributed by atoms with van der Waals surface area (Å²) in [5.74, 6) is 0.502. The van der Waals surface area contributed by atoms with Gasteiger partial charge in [0.25, 0.3) is 0 Å². The van der Waals surface area contributed by atoms with E-state index in [2.05, 4.69) is 15.5 Å². The van der Waals surface area contributed by atoms with Crippen LogP contribution in [0.3, 0.4) is 0 Å². The van der Waals surface area contributed by atoms with Gasteiger partial charge in [0, 0.05) is 11.3 Å². The molecule has 144 valence electrons. The molecule has 1 amide bonds. The normalized spacial score (nSPS) is 10.4. The number of ether oxygens (including phenoxy) is 2. The quantitative estimate of drug-likeness (QED) is 0.627. The Hall–Kier alpha value is -3.68. The monoisotopic (exact) mass is 381 g/mol. The van der Waals surface area contributed by atoms with E-state index in [0.717, 1.165) is 11.3 Å². The summed E-state index contributed by atoms with van der Waals surface area (Å²) in [5, 5.41) is 6.59. The lowest BCUT2D eigenvalue weighted by atomic mass is 10.2. The topological polar surface area (TPSA) is 104 Å². The molecule has 1 heterocycles. The van der Waals surface area contributed by atoms with E-state index in [0.29, 0.717) is 17.1 Å². The SMILES string of the molecule is CCOC(=O)c1cccc(NC(=O)Cc2nc(-c3ccc(OC)cc3)no2)c1. The molecular weight excluding hydrogens is 362 g/mol. The first-order chi connectivity index (χ1) is 13.6. The average Bonchev–Trinajstić information content (AvgIpc) is 3.16. The van der Waals surface area contributed by atoms with Gasteiger partial charge in [0.1, 0.15) is 12.2 Å². The van der Waals surface area contributed by atoms with Crippen LogP contribution in [0.5, 0.6) is 5.75 Å². The lowest BCUT2D eigenvalue weighted by molar-refractivity contribution is -0.115. The Labute approximate surface area is 161 Å². The minimum absolute atomic E-state index is 0.0905. The summed E-state index contributed by atoms with van der Waals surface area (Å²) in [7, 11) is 1.59. The maximum absolute atomic E-state index is 12.2. The van der Waals surface area contributed by atoms with Crippen molar-refractivity contribution in [3.05, 3.63) is 60.0 Å². The first-order valence-corrected chi connectivity index (χ1v) is 8.63. The number of esters is 1. The molecule has 28 heavy (non-hydrogen) atoms. The molecule has 3 rings (SSSR count). The van der Waals surface area contributed by atoms with Gasteiger partial charge in [-0.15, -0.1) is 0 Å². The molecule has 1 aromatic heterocycles. The molecule has 8 heteroatoms. The number of hydrogen-bond acceptors (Lipinski definition) is 7. The Morgan fingerprint density at radius 3 is 2.64 bits per heavy atom. The number of nitrogens with zero attached hydrogens (tertiary/aromatic N) is 2. The van der Waals surface area contributed by atoms with E-state index in [9.17, 15) is 9.59 Å². The first kappa shape index (κ1) is 19.1. The van der Waals surface area contributed by atoms with Gasteiger partial charge in [-0.1, -0.05) is 11.2 Å². The highest BCUT2D eigenvalue weighted by Crippen LogP contribution is 2.20. The Morgan fingerprint density at radius 1 is 1.14 bits per heavy atom. The molecule has 0 fully saturated rings. The van der Waals surface area contributed by atoms with Gasteiger partial charge in [-0.05, 0) is 49.4 Å². The van der Waals surface area contributed by atoms with Crippen molar-refractivity contribution < 1.29 is 23.6 Å². The molecule has 0 unspecified atom stereocenters. The molecule has 2 aromatic carbocycles. The molecule has 1 N–H and O–H groups in total. The zero-order valence-electron chi connectivity index (χ0n) is 15.5. The zero-order valence-corrected chi connectivity index (χ0v) is 15.5. The number of hydrogen-bond donors (Lipinski definition) is 1. The predicted molar refractivity (Wildman–Crippen MR) is 101 cm³/mol. The van der Waals surface area contributed by atoms with E-state index >= 15 is 0 Å². The summed E-state index contributed by atoms with van der Waals surface area (Å²) >= 11 is 0. The average molecular weight is 381 g/mol. The van der Waals surface area contributed by atoms with Crippen molar-refractivity contribution in [2.75, 3.05) is 19.0 Å². The minimum atomic E-state index is -0.445. The maximum Gasteiger partial charge on any atom is 0.338 e. The van der Waals surface area contributed by atoms with Gasteiger partial charge in [-0.3, -0.25) is 4.79 Å². The number of carbonyl (C=O) groups excluding carboxylic acids is 2. The van der Waals surface area contributed by atoms with Crippen LogP contribution >= 0.6 is 0 Å². The summed E-state index contributed by atoms with van der Waals surface area (Å²) in [6.45, 7) is 2.01. The van der Waals surface area contributed by atoms with Crippen LogP contribution in [0, 0.1) is 0 Å². The molecule has 0 aliphatic heterocycles. The third kappa shape index (κ3) is 4.73. The Bertz CT molecular complexity index is 966. The molecule has 0 bridgehead atoms. The number of carbonyl (C=O) groups is 2. The Kier molecular flexibility index (Phi) is 6.01. The number of benzene rings is 2. The Morgan fingerprint density at radius 2 is 1.93 bits per heavy atom. The van der Waals surface area contributed by atoms with Crippen molar-refractivity contribution in [1.29, 1.82) is 0 Å². The number of anilines is 1. The van der Waals surface area contributed by atoms with Crippen molar-refractivity contribution in [1.82, 2.24) is 10.1 Å². The zero-order chi connectivity index (χ0) is 19.9. The fourth-order valence-corrected chi connectivity index (χ4v) is 2.46. The van der Waals surface area contributed by atoms with Gasteiger partial charge in [-0.2, -0.15) is 4.98 Å². The fourth-order valence-electron chi connectivity index (χ4n) is 2.46. The summed E-state index contributed by atoms with van der Waals surface area (Å²) < 4.78 is 15.2. The van der Waals surface area contributed by atoms with Gasteiger partial charge < -0.3 is 19.3 Å². The van der Waals surface area contributed by atoms with Crippen LogP contribution in [0.25, 0.3) is 11.4 Å². The highest BCUT2D eigenvalue weighted by atomic mass is 16.5. The second-order valence-corrected chi connectivity index (χ2v) is 5.77. The number of nitrogens with one attached hydrogen (secondary N) is 1. The van der Waals surface area contributed by atoms with Crippen molar-refractivity contribution in [3.8, 4) is 17.1 Å². The van der Waals surface area contributed by atoms with Crippen molar-refractivity contribution in [3.63, 3.8) is 0 Å². The van der Waals surface area contributed by atoms with E-state index in [1.807, 2.05) is 0 Å². The Balaban J connectivity index is 1.63. The van der Waals surface area contributed by atoms with Crippen LogP contribution in [-0.4, -0.2) is 35.7 Å². The molecule has 3 aromatic rings. The first-order valence-electron chi connectivity index (χ1n) is 8.63. The van der Waals surface area contributed by atoms with Crippen molar-refractivity contribution >= 4 is 17.6 Å². The van der Waals surface area contributed by atoms with Gasteiger partial charge in [0.2, 0.25) is 17.6 Å². The summed E-state index contributed by atoms with van der Waals surface area (Å²) in [4.78, 5) is 28.3. The van der Waals surface area contributed by atoms with E-state index in [4.69, 9.17) is 14.0 Å². The van der Waals surface area contributed by atoms with Gasteiger partial charge in [-0.25, -0.2) is 4.79 Å². The van der Waals surface area contributed by atoms with Crippen molar-refractivity contribution in [2.45, 2.75) is 13.3 Å². The molecule has 0 spiro atoms. The number of rotatable bonds is 7. The molecule has 0 aliphatic carbocycles. The van der Waals surface area contributed by atoms with Crippen LogP contribution in [-0.2, 0) is 16.0 Å². The molecular formula is C20H19N3O5. The standard InChI is InChI=1S/C20H19N3O5/c1-3-27-20(25)14-5-4-6-15(11-14)21-17(24)12-18-22-19(23-28-18)13-7-9-16(26-2)10-8-13/h4-11H,3,12H2,1-2H3,(H,21,24). The highest BCUT2D eigenvalue weighted by molar-refractivity contribution is 5.95. The van der Waals surface area contributed by atoms with Crippen LogP contribution in [0.4, 0.5) is 5.69 Å². The molecule has 0 radical (unpaired) electrons. The van der Waals surface area contributed by atoms with Crippen LogP contribution in [0.2, 0.25) is 0 Å². The minimum Gasteiger partial charge on any atom is -0.497 e. The molecule has 0 saturated carbocycles. The van der Waals surface area contributed by atoms with Crippen LogP contribution in [0.1, 0.15) is 23.2 Å². The lowest BCUT2D eigenvalue weighted by Gasteiger charge is -2.06. The summed E-state index contributed by atoms with van der Waals surface area (Å²) in [6.07, 6.45) is -0.0905. The second kappa shape index (κ2) is 8.81. The molecule has 0 saturated heterocycles. The number of amides is 1. The van der Waals surface area contributed by atoms with Crippen LogP contribution in [0.15, 0.2) is 53.1 Å². The fraction of sp³-hybridized carbons (Fsp3) is 0.200. The van der Waals surface area contributed by atoms with E-state index < -0.39 is 5.97 Å². The second-order valence-electron chi connectivity index (χ2n) is 5.77. The van der Waals surface area contributed by atoms with E-state index in [1.165, 1.54) is 0 Å². The predicted octanol–water partition coefficient (Wildman–Crippen LogP) is 3.10.